The molecule has 0 atom stereocenters. The average molecular weight is 208 g/mol. The maximum absolute atomic E-state index is 11.4. The van der Waals surface area contributed by atoms with Crippen LogP contribution in [-0.4, -0.2) is 30.2 Å². The maximum atomic E-state index is 11.4. The lowest BCUT2D eigenvalue weighted by atomic mass is 10.2. The number of hydrogen-bond donors (Lipinski definition) is 0. The summed E-state index contributed by atoms with van der Waals surface area (Å²) in [6.07, 6.45) is 3.56. The van der Waals surface area contributed by atoms with Gasteiger partial charge in [0.2, 0.25) is 0 Å². The highest BCUT2D eigenvalue weighted by atomic mass is 16.5. The molecular formula is C10H12N2O3. The predicted molar refractivity (Wildman–Crippen MR) is 51.9 cm³/mol. The van der Waals surface area contributed by atoms with Crippen molar-refractivity contribution < 1.29 is 14.3 Å². The molecule has 5 heteroatoms. The topological polar surface area (TPSA) is 61.3 Å². The number of aromatic nitrogens is 2. The van der Waals surface area contributed by atoms with E-state index in [-0.39, 0.29) is 5.69 Å². The van der Waals surface area contributed by atoms with E-state index >= 15 is 0 Å². The van der Waals surface area contributed by atoms with Crippen molar-refractivity contribution in [2.45, 2.75) is 18.8 Å². The molecule has 0 bridgehead atoms. The second kappa shape index (κ2) is 3.84. The highest BCUT2D eigenvalue weighted by Gasteiger charge is 2.31. The number of nitrogens with zero attached hydrogens (tertiary/aromatic N) is 2. The van der Waals surface area contributed by atoms with Crippen molar-refractivity contribution in [3.8, 4) is 5.75 Å². The fraction of sp³-hybridized carbons (Fsp3) is 0.500. The van der Waals surface area contributed by atoms with E-state index in [4.69, 9.17) is 4.74 Å². The fourth-order valence-electron chi connectivity index (χ4n) is 1.48. The molecule has 1 fully saturated rings. The zero-order valence-electron chi connectivity index (χ0n) is 8.69. The quantitative estimate of drug-likeness (QED) is 0.697. The summed E-state index contributed by atoms with van der Waals surface area (Å²) < 4.78 is 9.80. The Morgan fingerprint density at radius 3 is 2.67 bits per heavy atom. The van der Waals surface area contributed by atoms with Crippen molar-refractivity contribution >= 4 is 5.97 Å². The zero-order chi connectivity index (χ0) is 10.8. The van der Waals surface area contributed by atoms with Gasteiger partial charge in [-0.3, -0.25) is 0 Å². The number of esters is 1. The van der Waals surface area contributed by atoms with Crippen LogP contribution in [0.1, 0.15) is 34.9 Å². The summed E-state index contributed by atoms with van der Waals surface area (Å²) >= 11 is 0. The van der Waals surface area contributed by atoms with Gasteiger partial charge in [0.1, 0.15) is 6.33 Å². The first-order valence-corrected chi connectivity index (χ1v) is 4.75. The predicted octanol–water partition coefficient (Wildman–Crippen LogP) is 1.15. The molecule has 0 radical (unpaired) electrons. The van der Waals surface area contributed by atoms with Gasteiger partial charge in [-0.05, 0) is 12.8 Å². The molecule has 0 spiro atoms. The van der Waals surface area contributed by atoms with Crippen LogP contribution in [0.2, 0.25) is 0 Å². The smallest absolute Gasteiger partial charge is 0.360 e. The van der Waals surface area contributed by atoms with E-state index in [2.05, 4.69) is 14.7 Å². The lowest BCUT2D eigenvalue weighted by Gasteiger charge is -2.09. The number of ether oxygens (including phenoxy) is 2. The lowest BCUT2D eigenvalue weighted by Crippen LogP contribution is -2.09. The molecule has 5 nitrogen and oxygen atoms in total. The normalized spacial score (nSPS) is 14.8. The molecule has 0 amide bonds. The Labute approximate surface area is 87.4 Å². The maximum Gasteiger partial charge on any atom is 0.360 e. The highest BCUT2D eigenvalue weighted by Crippen LogP contribution is 2.43. The van der Waals surface area contributed by atoms with Gasteiger partial charge in [-0.15, -0.1) is 0 Å². The second-order valence-corrected chi connectivity index (χ2v) is 3.41. The second-order valence-electron chi connectivity index (χ2n) is 3.41. The number of carbonyl (C=O) groups is 1. The molecule has 0 N–H and O–H groups in total. The molecule has 2 rings (SSSR count). The molecule has 0 unspecified atom stereocenters. The Kier molecular flexibility index (Phi) is 2.53. The third kappa shape index (κ3) is 1.77. The van der Waals surface area contributed by atoms with Gasteiger partial charge in [0.15, 0.2) is 11.4 Å². The third-order valence-corrected chi connectivity index (χ3v) is 2.38. The van der Waals surface area contributed by atoms with Crippen LogP contribution < -0.4 is 4.74 Å². The Hall–Kier alpha value is -1.65. The minimum atomic E-state index is -0.490. The van der Waals surface area contributed by atoms with Gasteiger partial charge in [0.25, 0.3) is 0 Å². The van der Waals surface area contributed by atoms with E-state index in [1.165, 1.54) is 20.5 Å². The fourth-order valence-corrected chi connectivity index (χ4v) is 1.48. The van der Waals surface area contributed by atoms with Gasteiger partial charge in [-0.1, -0.05) is 0 Å². The molecule has 1 aliphatic carbocycles. The molecule has 80 valence electrons. The Bertz CT molecular complexity index is 388. The molecule has 1 aromatic rings. The van der Waals surface area contributed by atoms with Crippen molar-refractivity contribution in [3.05, 3.63) is 17.7 Å². The first kappa shape index (κ1) is 9.89. The van der Waals surface area contributed by atoms with Gasteiger partial charge in [0, 0.05) is 5.92 Å². The van der Waals surface area contributed by atoms with E-state index in [1.54, 1.807) is 0 Å². The van der Waals surface area contributed by atoms with Gasteiger partial charge < -0.3 is 9.47 Å². The molecule has 1 aromatic heterocycles. The van der Waals surface area contributed by atoms with Crippen LogP contribution in [0.5, 0.6) is 5.75 Å². The minimum Gasteiger partial charge on any atom is -0.492 e. The van der Waals surface area contributed by atoms with Crippen molar-refractivity contribution in [1.82, 2.24) is 9.97 Å². The molecule has 0 saturated heterocycles. The van der Waals surface area contributed by atoms with Crippen LogP contribution in [0.4, 0.5) is 0 Å². The summed E-state index contributed by atoms with van der Waals surface area (Å²) in [5, 5.41) is 0. The number of rotatable bonds is 3. The molecule has 0 aromatic carbocycles. The minimum absolute atomic E-state index is 0.205. The molecule has 1 saturated carbocycles. The lowest BCUT2D eigenvalue weighted by molar-refractivity contribution is 0.0589. The number of carbonyl (C=O) groups excluding carboxylic acids is 1. The standard InChI is InChI=1S/C10H12N2O3/c1-14-9-7(6-3-4-6)11-5-12-8(9)10(13)15-2/h5-6H,3-4H2,1-2H3. The summed E-state index contributed by atoms with van der Waals surface area (Å²) in [5.41, 5.74) is 1.02. The van der Waals surface area contributed by atoms with Crippen molar-refractivity contribution in [1.29, 1.82) is 0 Å². The third-order valence-electron chi connectivity index (χ3n) is 2.38. The summed E-state index contributed by atoms with van der Waals surface area (Å²) in [6, 6.07) is 0. The van der Waals surface area contributed by atoms with E-state index in [1.807, 2.05) is 0 Å². The summed E-state index contributed by atoms with van der Waals surface area (Å²) in [7, 11) is 2.83. The average Bonchev–Trinajstić information content (AvgIpc) is 3.10. The van der Waals surface area contributed by atoms with Crippen molar-refractivity contribution in [3.63, 3.8) is 0 Å². The van der Waals surface area contributed by atoms with Gasteiger partial charge in [-0.25, -0.2) is 14.8 Å². The molecular weight excluding hydrogens is 196 g/mol. The largest absolute Gasteiger partial charge is 0.492 e. The summed E-state index contributed by atoms with van der Waals surface area (Å²) in [5.74, 6) is 0.370. The molecule has 15 heavy (non-hydrogen) atoms. The Balaban J connectivity index is 2.44. The van der Waals surface area contributed by atoms with Crippen LogP contribution in [0.3, 0.4) is 0 Å². The Morgan fingerprint density at radius 2 is 2.13 bits per heavy atom. The SMILES string of the molecule is COC(=O)c1ncnc(C2CC2)c1OC. The van der Waals surface area contributed by atoms with E-state index < -0.39 is 5.97 Å². The van der Waals surface area contributed by atoms with E-state index in [9.17, 15) is 4.79 Å². The van der Waals surface area contributed by atoms with Gasteiger partial charge in [0.05, 0.1) is 19.9 Å². The molecule has 1 aliphatic rings. The Morgan fingerprint density at radius 1 is 1.40 bits per heavy atom. The highest BCUT2D eigenvalue weighted by molar-refractivity contribution is 5.90. The van der Waals surface area contributed by atoms with Crippen LogP contribution in [0, 0.1) is 0 Å². The van der Waals surface area contributed by atoms with E-state index in [0.717, 1.165) is 18.5 Å². The van der Waals surface area contributed by atoms with Crippen molar-refractivity contribution in [2.75, 3.05) is 14.2 Å². The number of hydrogen-bond acceptors (Lipinski definition) is 5. The van der Waals surface area contributed by atoms with Crippen LogP contribution in [-0.2, 0) is 4.74 Å². The first-order valence-electron chi connectivity index (χ1n) is 4.75. The molecule has 1 heterocycles. The summed E-state index contributed by atoms with van der Waals surface area (Å²) in [6.45, 7) is 0. The molecule has 0 aliphatic heterocycles. The van der Waals surface area contributed by atoms with Crippen molar-refractivity contribution in [2.24, 2.45) is 0 Å². The first-order chi connectivity index (χ1) is 7.27. The summed E-state index contributed by atoms with van der Waals surface area (Å²) in [4.78, 5) is 19.4. The number of methoxy groups -OCH3 is 2. The van der Waals surface area contributed by atoms with Crippen LogP contribution >= 0.6 is 0 Å². The monoisotopic (exact) mass is 208 g/mol. The van der Waals surface area contributed by atoms with Gasteiger partial charge in [-0.2, -0.15) is 0 Å². The van der Waals surface area contributed by atoms with Crippen LogP contribution in [0.15, 0.2) is 6.33 Å². The van der Waals surface area contributed by atoms with Gasteiger partial charge >= 0.3 is 5.97 Å². The van der Waals surface area contributed by atoms with E-state index in [0.29, 0.717) is 11.7 Å². The van der Waals surface area contributed by atoms with Crippen LogP contribution in [0.25, 0.3) is 0 Å². The zero-order valence-corrected chi connectivity index (χ0v) is 8.69.